The van der Waals surface area contributed by atoms with Crippen molar-refractivity contribution >= 4 is 63.3 Å². The highest BCUT2D eigenvalue weighted by molar-refractivity contribution is 6.51. The van der Waals surface area contributed by atoms with Crippen LogP contribution in [0.1, 0.15) is 31.0 Å². The first-order valence-corrected chi connectivity index (χ1v) is 13.7. The van der Waals surface area contributed by atoms with Gasteiger partial charge in [0.15, 0.2) is 11.5 Å². The molecule has 1 fully saturated rings. The van der Waals surface area contributed by atoms with Crippen molar-refractivity contribution in [2.75, 3.05) is 37.1 Å². The normalized spacial score (nSPS) is 16.4. The standard InChI is InChI=1S/C30H28Cl2N4O5/c1-5-35(6-2)17-13-11-16(12-14-17)24-22(25(37)18-15-19(31)28(41-4)23(32)27(18)40-3)26(38)29(39)36(24)30-33-20-9-7-8-10-21(20)34-30/h7-15,24,37H,5-6H2,1-4H3,(H,33,34)/b25-22+. The van der Waals surface area contributed by atoms with Crippen LogP contribution in [0.2, 0.25) is 10.0 Å². The number of ketones is 1. The minimum Gasteiger partial charge on any atom is -0.507 e. The van der Waals surface area contributed by atoms with E-state index >= 15 is 0 Å². The van der Waals surface area contributed by atoms with E-state index in [4.69, 9.17) is 32.7 Å². The highest BCUT2D eigenvalue weighted by Crippen LogP contribution is 2.48. The lowest BCUT2D eigenvalue weighted by atomic mass is 9.94. The largest absolute Gasteiger partial charge is 0.507 e. The predicted octanol–water partition coefficient (Wildman–Crippen LogP) is 6.36. The molecule has 212 valence electrons. The summed E-state index contributed by atoms with van der Waals surface area (Å²) in [5, 5.41) is 11.8. The number of anilines is 2. The number of aromatic nitrogens is 2. The maximum absolute atomic E-state index is 13.7. The fourth-order valence-electron chi connectivity index (χ4n) is 5.17. The predicted molar refractivity (Wildman–Crippen MR) is 160 cm³/mol. The van der Waals surface area contributed by atoms with Crippen LogP contribution in [0.5, 0.6) is 11.5 Å². The zero-order chi connectivity index (χ0) is 29.4. The highest BCUT2D eigenvalue weighted by atomic mass is 35.5. The summed E-state index contributed by atoms with van der Waals surface area (Å²) in [5.41, 5.74) is 2.75. The average molecular weight is 595 g/mol. The quantitative estimate of drug-likeness (QED) is 0.139. The van der Waals surface area contributed by atoms with Gasteiger partial charge in [0.2, 0.25) is 5.95 Å². The van der Waals surface area contributed by atoms with Crippen LogP contribution in [-0.4, -0.2) is 54.1 Å². The number of methoxy groups -OCH3 is 2. The molecule has 0 radical (unpaired) electrons. The zero-order valence-electron chi connectivity index (χ0n) is 22.9. The second-order valence-electron chi connectivity index (χ2n) is 9.30. The SMILES string of the molecule is CCN(CC)c1ccc(C2/C(=C(\O)c3cc(Cl)c(OC)c(Cl)c3OC)C(=O)C(=O)N2c2nc3ccccc3[nH]2)cc1. The Morgan fingerprint density at radius 1 is 1.02 bits per heavy atom. The number of nitrogens with zero attached hydrogens (tertiary/aromatic N) is 3. The first kappa shape index (κ1) is 28.3. The van der Waals surface area contributed by atoms with Crippen molar-refractivity contribution in [2.24, 2.45) is 0 Å². The lowest BCUT2D eigenvalue weighted by Gasteiger charge is -2.25. The molecule has 9 nitrogen and oxygen atoms in total. The lowest BCUT2D eigenvalue weighted by Crippen LogP contribution is -2.30. The average Bonchev–Trinajstić information content (AvgIpc) is 3.52. The number of fused-ring (bicyclic) bond motifs is 1. The van der Waals surface area contributed by atoms with Crippen LogP contribution in [0, 0.1) is 0 Å². The van der Waals surface area contributed by atoms with Crippen LogP contribution in [-0.2, 0) is 9.59 Å². The van der Waals surface area contributed by atoms with Crippen molar-refractivity contribution in [3.05, 3.63) is 81.3 Å². The van der Waals surface area contributed by atoms with E-state index in [1.807, 2.05) is 42.5 Å². The molecular formula is C30H28Cl2N4O5. The molecule has 1 atom stereocenters. The van der Waals surface area contributed by atoms with E-state index in [-0.39, 0.29) is 38.6 Å². The van der Waals surface area contributed by atoms with E-state index < -0.39 is 23.5 Å². The summed E-state index contributed by atoms with van der Waals surface area (Å²) in [7, 11) is 2.76. The van der Waals surface area contributed by atoms with Gasteiger partial charge in [-0.1, -0.05) is 47.5 Å². The number of carbonyl (C=O) groups is 2. The van der Waals surface area contributed by atoms with Crippen molar-refractivity contribution < 1.29 is 24.2 Å². The summed E-state index contributed by atoms with van der Waals surface area (Å²) < 4.78 is 10.7. The third-order valence-corrected chi connectivity index (χ3v) is 7.81. The molecule has 1 aliphatic rings. The Morgan fingerprint density at radius 3 is 2.29 bits per heavy atom. The van der Waals surface area contributed by atoms with Crippen LogP contribution in [0.15, 0.2) is 60.2 Å². The molecule has 1 aromatic heterocycles. The molecule has 0 spiro atoms. The maximum atomic E-state index is 13.7. The Balaban J connectivity index is 1.75. The van der Waals surface area contributed by atoms with Crippen molar-refractivity contribution in [1.29, 1.82) is 0 Å². The molecule has 1 aliphatic heterocycles. The number of amides is 1. The number of Topliss-reactive ketones (excluding diaryl/α,β-unsaturated/α-hetero) is 1. The monoisotopic (exact) mass is 594 g/mol. The van der Waals surface area contributed by atoms with Gasteiger partial charge >= 0.3 is 5.91 Å². The number of carbonyl (C=O) groups excluding carboxylic acids is 2. The van der Waals surface area contributed by atoms with Crippen molar-refractivity contribution in [3.8, 4) is 11.5 Å². The Morgan fingerprint density at radius 2 is 1.68 bits per heavy atom. The molecule has 11 heteroatoms. The van der Waals surface area contributed by atoms with E-state index in [9.17, 15) is 14.7 Å². The van der Waals surface area contributed by atoms with Gasteiger partial charge in [-0.15, -0.1) is 0 Å². The van der Waals surface area contributed by atoms with E-state index in [0.29, 0.717) is 16.6 Å². The second kappa shape index (κ2) is 11.3. The third-order valence-electron chi connectivity index (χ3n) is 7.18. The van der Waals surface area contributed by atoms with Crippen molar-refractivity contribution in [2.45, 2.75) is 19.9 Å². The summed E-state index contributed by atoms with van der Waals surface area (Å²) in [4.78, 5) is 38.5. The molecular weight excluding hydrogens is 567 g/mol. The van der Waals surface area contributed by atoms with Gasteiger partial charge in [0.05, 0.1) is 47.5 Å². The van der Waals surface area contributed by atoms with E-state index in [1.165, 1.54) is 25.2 Å². The number of hydrogen-bond acceptors (Lipinski definition) is 7. The van der Waals surface area contributed by atoms with E-state index in [1.54, 1.807) is 6.07 Å². The Kier molecular flexibility index (Phi) is 7.84. The van der Waals surface area contributed by atoms with Crippen molar-refractivity contribution in [3.63, 3.8) is 0 Å². The van der Waals surface area contributed by atoms with Gasteiger partial charge in [-0.3, -0.25) is 14.5 Å². The molecule has 4 aromatic rings. The van der Waals surface area contributed by atoms with Crippen LogP contribution in [0.3, 0.4) is 0 Å². The number of hydrogen-bond donors (Lipinski definition) is 2. The maximum Gasteiger partial charge on any atom is 0.302 e. The number of ether oxygens (including phenoxy) is 2. The molecule has 3 aromatic carbocycles. The van der Waals surface area contributed by atoms with Gasteiger partial charge in [-0.05, 0) is 49.7 Å². The van der Waals surface area contributed by atoms with Crippen molar-refractivity contribution in [1.82, 2.24) is 9.97 Å². The minimum atomic E-state index is -1.02. The number of imidazole rings is 1. The molecule has 41 heavy (non-hydrogen) atoms. The fraction of sp³-hybridized carbons (Fsp3) is 0.233. The van der Waals surface area contributed by atoms with Gasteiger partial charge < -0.3 is 24.5 Å². The van der Waals surface area contributed by atoms with Gasteiger partial charge in [0.1, 0.15) is 10.8 Å². The Bertz CT molecular complexity index is 1650. The van der Waals surface area contributed by atoms with Gasteiger partial charge in [0.25, 0.3) is 5.78 Å². The smallest absolute Gasteiger partial charge is 0.302 e. The number of halogens is 2. The van der Waals surface area contributed by atoms with Gasteiger partial charge in [-0.25, -0.2) is 4.98 Å². The highest BCUT2D eigenvalue weighted by Gasteiger charge is 2.48. The number of para-hydroxylation sites is 2. The molecule has 1 saturated heterocycles. The second-order valence-corrected chi connectivity index (χ2v) is 10.1. The number of rotatable bonds is 8. The van der Waals surface area contributed by atoms with Gasteiger partial charge in [-0.2, -0.15) is 0 Å². The van der Waals surface area contributed by atoms with E-state index in [0.717, 1.165) is 18.8 Å². The molecule has 2 heterocycles. The first-order valence-electron chi connectivity index (χ1n) is 13.0. The van der Waals surface area contributed by atoms with Crippen LogP contribution < -0.4 is 19.3 Å². The summed E-state index contributed by atoms with van der Waals surface area (Å²) in [5.74, 6) is -1.89. The number of nitrogens with one attached hydrogen (secondary N) is 1. The van der Waals surface area contributed by atoms with Crippen LogP contribution in [0.4, 0.5) is 11.6 Å². The Labute approximate surface area is 246 Å². The molecule has 0 bridgehead atoms. The topological polar surface area (TPSA) is 108 Å². The number of benzene rings is 3. The minimum absolute atomic E-state index is 0.00990. The third kappa shape index (κ3) is 4.75. The van der Waals surface area contributed by atoms with Gasteiger partial charge in [0, 0.05) is 18.8 Å². The summed E-state index contributed by atoms with van der Waals surface area (Å²) in [6.45, 7) is 5.75. The molecule has 0 aliphatic carbocycles. The summed E-state index contributed by atoms with van der Waals surface area (Å²) in [6.07, 6.45) is 0. The molecule has 1 amide bonds. The number of H-pyrrole nitrogens is 1. The first-order chi connectivity index (χ1) is 19.7. The number of aromatic amines is 1. The molecule has 5 rings (SSSR count). The summed E-state index contributed by atoms with van der Waals surface area (Å²) in [6, 6.07) is 15.1. The lowest BCUT2D eigenvalue weighted by molar-refractivity contribution is -0.132. The summed E-state index contributed by atoms with van der Waals surface area (Å²) >= 11 is 12.9. The number of aliphatic hydroxyl groups is 1. The Hall–Kier alpha value is -4.21. The zero-order valence-corrected chi connectivity index (χ0v) is 24.4. The van der Waals surface area contributed by atoms with E-state index in [2.05, 4.69) is 28.7 Å². The van der Waals surface area contributed by atoms with Crippen LogP contribution >= 0.6 is 23.2 Å². The fourth-order valence-corrected chi connectivity index (χ4v) is 5.85. The molecule has 2 N–H and O–H groups in total. The molecule has 0 saturated carbocycles. The molecule has 1 unspecified atom stereocenters. The number of aliphatic hydroxyl groups excluding tert-OH is 1. The van der Waals surface area contributed by atoms with Crippen LogP contribution in [0.25, 0.3) is 16.8 Å².